The normalized spacial score (nSPS) is 15.7. The van der Waals surface area contributed by atoms with Gasteiger partial charge in [0, 0.05) is 4.47 Å². The van der Waals surface area contributed by atoms with Gasteiger partial charge in [-0.1, -0.05) is 28.1 Å². The first-order valence-electron chi connectivity index (χ1n) is 8.82. The highest BCUT2D eigenvalue weighted by atomic mass is 79.9. The van der Waals surface area contributed by atoms with E-state index in [4.69, 9.17) is 9.47 Å². The standard InChI is InChI=1S/C21H19BrN2O5/c1-12(2)29-17-8-7-13(10-18(17)28-3)9-16-19(25)23-21(27)24(20(16)26)15-6-4-5-14(22)11-15/h4-12H,1-3H3,(H,23,25,27)/b16-9-. The SMILES string of the molecule is COc1cc(/C=C2/C(=O)NC(=O)N(c3cccc(Br)c3)C2=O)ccc1OC(C)C. The van der Waals surface area contributed by atoms with Gasteiger partial charge in [-0.05, 0) is 55.8 Å². The number of urea groups is 1. The van der Waals surface area contributed by atoms with Gasteiger partial charge in [0.15, 0.2) is 11.5 Å². The van der Waals surface area contributed by atoms with E-state index in [1.54, 1.807) is 42.5 Å². The van der Waals surface area contributed by atoms with Crippen molar-refractivity contribution in [3.05, 3.63) is 58.1 Å². The molecule has 4 amide bonds. The van der Waals surface area contributed by atoms with E-state index in [0.717, 1.165) is 4.90 Å². The largest absolute Gasteiger partial charge is 0.493 e. The lowest BCUT2D eigenvalue weighted by Gasteiger charge is -2.26. The molecule has 0 bridgehead atoms. The second-order valence-electron chi connectivity index (χ2n) is 6.51. The Morgan fingerprint density at radius 1 is 1.07 bits per heavy atom. The number of rotatable bonds is 5. The maximum Gasteiger partial charge on any atom is 0.335 e. The first-order chi connectivity index (χ1) is 13.8. The zero-order valence-corrected chi connectivity index (χ0v) is 17.6. The molecule has 1 saturated heterocycles. The van der Waals surface area contributed by atoms with E-state index in [0.29, 0.717) is 27.2 Å². The van der Waals surface area contributed by atoms with Gasteiger partial charge >= 0.3 is 6.03 Å². The number of barbiturate groups is 1. The van der Waals surface area contributed by atoms with Gasteiger partial charge in [-0.2, -0.15) is 0 Å². The molecule has 0 spiro atoms. The zero-order chi connectivity index (χ0) is 21.1. The lowest BCUT2D eigenvalue weighted by Crippen LogP contribution is -2.54. The van der Waals surface area contributed by atoms with Crippen LogP contribution in [0.2, 0.25) is 0 Å². The number of amides is 4. The summed E-state index contributed by atoms with van der Waals surface area (Å²) in [5.74, 6) is -0.447. The van der Waals surface area contributed by atoms with E-state index >= 15 is 0 Å². The fraction of sp³-hybridized carbons (Fsp3) is 0.190. The number of nitrogens with zero attached hydrogens (tertiary/aromatic N) is 1. The summed E-state index contributed by atoms with van der Waals surface area (Å²) in [5, 5.41) is 2.20. The average molecular weight is 459 g/mol. The zero-order valence-electron chi connectivity index (χ0n) is 16.1. The van der Waals surface area contributed by atoms with E-state index in [1.807, 2.05) is 13.8 Å². The predicted molar refractivity (Wildman–Crippen MR) is 112 cm³/mol. The topological polar surface area (TPSA) is 84.9 Å². The minimum Gasteiger partial charge on any atom is -0.493 e. The van der Waals surface area contributed by atoms with Crippen LogP contribution in [0.1, 0.15) is 19.4 Å². The van der Waals surface area contributed by atoms with Crippen molar-refractivity contribution in [1.82, 2.24) is 5.32 Å². The summed E-state index contributed by atoms with van der Waals surface area (Å²) in [6, 6.07) is 11.0. The molecule has 0 aromatic heterocycles. The minimum absolute atomic E-state index is 0.0384. The fourth-order valence-corrected chi connectivity index (χ4v) is 3.19. The second kappa shape index (κ2) is 8.48. The predicted octanol–water partition coefficient (Wildman–Crippen LogP) is 3.91. The van der Waals surface area contributed by atoms with Crippen molar-refractivity contribution in [2.24, 2.45) is 0 Å². The summed E-state index contributed by atoms with van der Waals surface area (Å²) in [6.45, 7) is 3.79. The first kappa shape index (κ1) is 20.6. The van der Waals surface area contributed by atoms with Gasteiger partial charge in [-0.3, -0.25) is 14.9 Å². The number of halogens is 1. The van der Waals surface area contributed by atoms with Gasteiger partial charge in [0.25, 0.3) is 11.8 Å². The van der Waals surface area contributed by atoms with Crippen LogP contribution in [0.5, 0.6) is 11.5 Å². The summed E-state index contributed by atoms with van der Waals surface area (Å²) < 4.78 is 11.7. The molecule has 7 nitrogen and oxygen atoms in total. The summed E-state index contributed by atoms with van der Waals surface area (Å²) in [5.41, 5.74) is 0.739. The highest BCUT2D eigenvalue weighted by Crippen LogP contribution is 2.31. The minimum atomic E-state index is -0.798. The molecule has 1 fully saturated rings. The van der Waals surface area contributed by atoms with E-state index in [2.05, 4.69) is 21.2 Å². The third kappa shape index (κ3) is 4.48. The third-order valence-corrected chi connectivity index (χ3v) is 4.52. The molecular weight excluding hydrogens is 440 g/mol. The fourth-order valence-electron chi connectivity index (χ4n) is 2.80. The molecule has 1 aliphatic heterocycles. The monoisotopic (exact) mass is 458 g/mol. The molecule has 1 N–H and O–H groups in total. The molecule has 0 atom stereocenters. The quantitative estimate of drug-likeness (QED) is 0.542. The summed E-state index contributed by atoms with van der Waals surface area (Å²) in [7, 11) is 1.51. The van der Waals surface area contributed by atoms with Crippen LogP contribution in [0.15, 0.2) is 52.5 Å². The molecule has 0 aliphatic carbocycles. The van der Waals surface area contributed by atoms with Crippen molar-refractivity contribution in [3.8, 4) is 11.5 Å². The van der Waals surface area contributed by atoms with Gasteiger partial charge in [0.05, 0.1) is 18.9 Å². The van der Waals surface area contributed by atoms with Crippen LogP contribution in [-0.4, -0.2) is 31.1 Å². The van der Waals surface area contributed by atoms with Crippen LogP contribution in [-0.2, 0) is 9.59 Å². The molecule has 3 rings (SSSR count). The van der Waals surface area contributed by atoms with Crippen LogP contribution < -0.4 is 19.7 Å². The smallest absolute Gasteiger partial charge is 0.335 e. The number of ether oxygens (including phenoxy) is 2. The molecule has 150 valence electrons. The lowest BCUT2D eigenvalue weighted by atomic mass is 10.1. The Hall–Kier alpha value is -3.13. The lowest BCUT2D eigenvalue weighted by molar-refractivity contribution is -0.122. The Bertz CT molecular complexity index is 1020. The number of nitrogens with one attached hydrogen (secondary N) is 1. The number of hydrogen-bond acceptors (Lipinski definition) is 5. The Morgan fingerprint density at radius 2 is 1.83 bits per heavy atom. The Labute approximate surface area is 176 Å². The van der Waals surface area contributed by atoms with Crippen LogP contribution in [0.25, 0.3) is 6.08 Å². The van der Waals surface area contributed by atoms with Crippen molar-refractivity contribution in [1.29, 1.82) is 0 Å². The Morgan fingerprint density at radius 3 is 2.48 bits per heavy atom. The van der Waals surface area contributed by atoms with Crippen molar-refractivity contribution >= 4 is 45.5 Å². The van der Waals surface area contributed by atoms with Gasteiger partial charge in [-0.25, -0.2) is 9.69 Å². The molecule has 0 radical (unpaired) electrons. The average Bonchev–Trinajstić information content (AvgIpc) is 2.65. The maximum absolute atomic E-state index is 12.9. The van der Waals surface area contributed by atoms with E-state index < -0.39 is 17.8 Å². The van der Waals surface area contributed by atoms with E-state index in [-0.39, 0.29) is 11.7 Å². The number of carbonyl (C=O) groups excluding carboxylic acids is 3. The van der Waals surface area contributed by atoms with E-state index in [9.17, 15) is 14.4 Å². The number of carbonyl (C=O) groups is 3. The highest BCUT2D eigenvalue weighted by molar-refractivity contribution is 9.10. The third-order valence-electron chi connectivity index (χ3n) is 4.03. The number of hydrogen-bond donors (Lipinski definition) is 1. The maximum atomic E-state index is 12.9. The van der Waals surface area contributed by atoms with E-state index in [1.165, 1.54) is 13.2 Å². The Balaban J connectivity index is 1.98. The molecule has 1 aliphatic rings. The molecule has 8 heteroatoms. The van der Waals surface area contributed by atoms with Gasteiger partial charge in [0.1, 0.15) is 5.57 Å². The first-order valence-corrected chi connectivity index (χ1v) is 9.61. The molecule has 1 heterocycles. The summed E-state index contributed by atoms with van der Waals surface area (Å²) >= 11 is 3.31. The molecule has 2 aromatic carbocycles. The van der Waals surface area contributed by atoms with Crippen molar-refractivity contribution in [2.75, 3.05) is 12.0 Å². The van der Waals surface area contributed by atoms with Crippen LogP contribution in [0.4, 0.5) is 10.5 Å². The molecule has 0 unspecified atom stereocenters. The Kier molecular flexibility index (Phi) is 6.03. The molecule has 0 saturated carbocycles. The van der Waals surface area contributed by atoms with Crippen molar-refractivity contribution in [2.45, 2.75) is 20.0 Å². The van der Waals surface area contributed by atoms with Crippen LogP contribution in [0.3, 0.4) is 0 Å². The molecule has 29 heavy (non-hydrogen) atoms. The summed E-state index contributed by atoms with van der Waals surface area (Å²) in [4.78, 5) is 38.4. The van der Waals surface area contributed by atoms with Crippen LogP contribution in [0, 0.1) is 0 Å². The number of methoxy groups -OCH3 is 1. The number of imide groups is 2. The summed E-state index contributed by atoms with van der Waals surface area (Å²) in [6.07, 6.45) is 1.38. The van der Waals surface area contributed by atoms with Crippen LogP contribution >= 0.6 is 15.9 Å². The van der Waals surface area contributed by atoms with Gasteiger partial charge < -0.3 is 9.47 Å². The second-order valence-corrected chi connectivity index (χ2v) is 7.43. The number of anilines is 1. The van der Waals surface area contributed by atoms with Crippen molar-refractivity contribution < 1.29 is 23.9 Å². The van der Waals surface area contributed by atoms with Crippen molar-refractivity contribution in [3.63, 3.8) is 0 Å². The number of benzene rings is 2. The van der Waals surface area contributed by atoms with Gasteiger partial charge in [-0.15, -0.1) is 0 Å². The molecule has 2 aromatic rings. The molecular formula is C21H19BrN2O5. The highest BCUT2D eigenvalue weighted by Gasteiger charge is 2.36. The van der Waals surface area contributed by atoms with Gasteiger partial charge in [0.2, 0.25) is 0 Å².